The van der Waals surface area contributed by atoms with Crippen molar-refractivity contribution in [2.24, 2.45) is 0 Å². The predicted molar refractivity (Wildman–Crippen MR) is 184 cm³/mol. The number of unbranched alkanes of at least 4 members (excludes halogenated alkanes) is 1. The lowest BCUT2D eigenvalue weighted by molar-refractivity contribution is -0.140. The fourth-order valence-corrected chi connectivity index (χ4v) is 6.72. The lowest BCUT2D eigenvalue weighted by atomic mass is 10.0. The standard InChI is InChI=1S/C36H40ClN3O6S/c1-4-5-22-38-36(42)32(23-27-14-8-6-9-15-27)39(25-28-16-12-13-19-31(28)37)35(41)26-40(47(43,44)30-17-10-7-11-18-30)29-20-21-33(45-2)34(24-29)46-3/h6-21,24,32H,4-5,22-23,25-26H2,1-3H3,(H,38,42). The number of nitrogens with one attached hydrogen (secondary N) is 1. The molecule has 4 aromatic carbocycles. The number of nitrogens with zero attached hydrogens (tertiary/aromatic N) is 2. The summed E-state index contributed by atoms with van der Waals surface area (Å²) in [4.78, 5) is 29.9. The second kappa shape index (κ2) is 16.9. The normalized spacial score (nSPS) is 11.7. The van der Waals surface area contributed by atoms with Crippen LogP contribution in [0.2, 0.25) is 5.02 Å². The number of sulfonamides is 1. The fraction of sp³-hybridized carbons (Fsp3) is 0.278. The van der Waals surface area contributed by atoms with Crippen molar-refractivity contribution in [3.63, 3.8) is 0 Å². The zero-order valence-electron chi connectivity index (χ0n) is 26.8. The van der Waals surface area contributed by atoms with Crippen LogP contribution in [-0.4, -0.2) is 58.5 Å². The molecule has 0 aliphatic rings. The van der Waals surface area contributed by atoms with Crippen LogP contribution in [0.25, 0.3) is 0 Å². The van der Waals surface area contributed by atoms with Gasteiger partial charge in [0.2, 0.25) is 11.8 Å². The Morgan fingerprint density at radius 1 is 0.851 bits per heavy atom. The van der Waals surface area contributed by atoms with Gasteiger partial charge in [0.15, 0.2) is 11.5 Å². The molecule has 47 heavy (non-hydrogen) atoms. The van der Waals surface area contributed by atoms with E-state index in [9.17, 15) is 18.0 Å². The van der Waals surface area contributed by atoms with Crippen LogP contribution in [0.5, 0.6) is 11.5 Å². The number of benzene rings is 4. The minimum absolute atomic E-state index is 0.00150. The van der Waals surface area contributed by atoms with Crippen molar-refractivity contribution in [3.05, 3.63) is 119 Å². The lowest BCUT2D eigenvalue weighted by Crippen LogP contribution is -2.53. The van der Waals surface area contributed by atoms with Crippen molar-refractivity contribution in [1.29, 1.82) is 0 Å². The van der Waals surface area contributed by atoms with Crippen LogP contribution in [0.15, 0.2) is 108 Å². The highest BCUT2D eigenvalue weighted by Crippen LogP contribution is 2.34. The molecule has 0 bridgehead atoms. The number of rotatable bonds is 16. The molecule has 0 aliphatic heterocycles. The summed E-state index contributed by atoms with van der Waals surface area (Å²) in [6, 6.07) is 28.0. The van der Waals surface area contributed by atoms with Crippen LogP contribution in [0, 0.1) is 0 Å². The molecule has 0 radical (unpaired) electrons. The second-order valence-electron chi connectivity index (χ2n) is 10.8. The van der Waals surface area contributed by atoms with E-state index in [4.69, 9.17) is 21.1 Å². The number of methoxy groups -OCH3 is 2. The summed E-state index contributed by atoms with van der Waals surface area (Å²) in [5.74, 6) is -0.250. The molecule has 248 valence electrons. The van der Waals surface area contributed by atoms with Gasteiger partial charge in [-0.2, -0.15) is 0 Å². The quantitative estimate of drug-likeness (QED) is 0.144. The Labute approximate surface area is 282 Å². The summed E-state index contributed by atoms with van der Waals surface area (Å²) in [7, 11) is -1.35. The summed E-state index contributed by atoms with van der Waals surface area (Å²) in [6.45, 7) is 1.83. The summed E-state index contributed by atoms with van der Waals surface area (Å²) in [5.41, 5.74) is 1.64. The molecule has 1 unspecified atom stereocenters. The van der Waals surface area contributed by atoms with Crippen LogP contribution in [-0.2, 0) is 32.6 Å². The van der Waals surface area contributed by atoms with Crippen molar-refractivity contribution < 1.29 is 27.5 Å². The van der Waals surface area contributed by atoms with Crippen molar-refractivity contribution in [2.45, 2.75) is 43.7 Å². The van der Waals surface area contributed by atoms with E-state index in [1.165, 1.54) is 37.3 Å². The van der Waals surface area contributed by atoms with Crippen molar-refractivity contribution in [1.82, 2.24) is 10.2 Å². The highest BCUT2D eigenvalue weighted by Gasteiger charge is 2.35. The van der Waals surface area contributed by atoms with Gasteiger partial charge in [-0.25, -0.2) is 8.42 Å². The van der Waals surface area contributed by atoms with Gasteiger partial charge >= 0.3 is 0 Å². The molecule has 1 atom stereocenters. The van der Waals surface area contributed by atoms with E-state index in [2.05, 4.69) is 5.32 Å². The molecule has 0 aliphatic carbocycles. The number of amides is 2. The number of carbonyl (C=O) groups is 2. The Morgan fingerprint density at radius 2 is 1.49 bits per heavy atom. The van der Waals surface area contributed by atoms with Gasteiger partial charge < -0.3 is 19.7 Å². The van der Waals surface area contributed by atoms with Crippen molar-refractivity contribution in [3.8, 4) is 11.5 Å². The van der Waals surface area contributed by atoms with Crippen LogP contribution >= 0.6 is 11.6 Å². The molecule has 0 heterocycles. The van der Waals surface area contributed by atoms with Crippen LogP contribution in [0.1, 0.15) is 30.9 Å². The number of hydrogen-bond acceptors (Lipinski definition) is 6. The van der Waals surface area contributed by atoms with Gasteiger partial charge in [0.05, 0.1) is 24.8 Å². The molecule has 0 spiro atoms. The maximum absolute atomic E-state index is 14.6. The minimum Gasteiger partial charge on any atom is -0.493 e. The van der Waals surface area contributed by atoms with E-state index in [0.717, 1.165) is 22.7 Å². The van der Waals surface area contributed by atoms with Gasteiger partial charge in [0, 0.05) is 30.6 Å². The SMILES string of the molecule is CCCCNC(=O)C(Cc1ccccc1)N(Cc1ccccc1Cl)C(=O)CN(c1ccc(OC)c(OC)c1)S(=O)(=O)c1ccccc1. The molecule has 11 heteroatoms. The second-order valence-corrected chi connectivity index (χ2v) is 13.1. The van der Waals surface area contributed by atoms with Gasteiger partial charge in [-0.1, -0.05) is 91.7 Å². The van der Waals surface area contributed by atoms with E-state index in [-0.39, 0.29) is 35.2 Å². The summed E-state index contributed by atoms with van der Waals surface area (Å²) < 4.78 is 40.3. The first kappa shape index (κ1) is 35.3. The van der Waals surface area contributed by atoms with Crippen LogP contribution in [0.4, 0.5) is 5.69 Å². The van der Waals surface area contributed by atoms with E-state index in [1.54, 1.807) is 54.6 Å². The Bertz CT molecular complexity index is 1740. The Morgan fingerprint density at radius 3 is 2.13 bits per heavy atom. The van der Waals surface area contributed by atoms with Gasteiger partial charge in [-0.05, 0) is 47.9 Å². The zero-order chi connectivity index (χ0) is 33.8. The molecule has 0 aromatic heterocycles. The third kappa shape index (κ3) is 9.05. The number of hydrogen-bond donors (Lipinski definition) is 1. The molecule has 9 nitrogen and oxygen atoms in total. The smallest absolute Gasteiger partial charge is 0.264 e. The molecular weight excluding hydrogens is 638 g/mol. The average Bonchev–Trinajstić information content (AvgIpc) is 3.09. The molecule has 1 N–H and O–H groups in total. The molecule has 0 fully saturated rings. The van der Waals surface area contributed by atoms with Gasteiger partial charge in [-0.15, -0.1) is 0 Å². The van der Waals surface area contributed by atoms with Crippen molar-refractivity contribution in [2.75, 3.05) is 31.6 Å². The monoisotopic (exact) mass is 677 g/mol. The third-order valence-electron chi connectivity index (χ3n) is 7.66. The first-order valence-corrected chi connectivity index (χ1v) is 17.2. The van der Waals surface area contributed by atoms with Crippen LogP contribution < -0.4 is 19.1 Å². The molecular formula is C36H40ClN3O6S. The number of anilines is 1. The Balaban J connectivity index is 1.83. The van der Waals surface area contributed by atoms with Crippen molar-refractivity contribution >= 4 is 39.1 Å². The summed E-state index contributed by atoms with van der Waals surface area (Å²) in [5, 5.41) is 3.40. The molecule has 4 rings (SSSR count). The summed E-state index contributed by atoms with van der Waals surface area (Å²) >= 11 is 6.57. The van der Waals surface area contributed by atoms with Crippen LogP contribution in [0.3, 0.4) is 0 Å². The fourth-order valence-electron chi connectivity index (χ4n) is 5.10. The first-order valence-electron chi connectivity index (χ1n) is 15.3. The Kier molecular flexibility index (Phi) is 12.7. The first-order chi connectivity index (χ1) is 22.7. The molecule has 2 amide bonds. The number of carbonyl (C=O) groups excluding carboxylic acids is 2. The maximum atomic E-state index is 14.6. The minimum atomic E-state index is -4.27. The molecule has 4 aromatic rings. The molecule has 0 saturated carbocycles. The van der Waals surface area contributed by atoms with Gasteiger partial charge in [0.25, 0.3) is 10.0 Å². The maximum Gasteiger partial charge on any atom is 0.264 e. The number of halogens is 1. The highest BCUT2D eigenvalue weighted by atomic mass is 35.5. The molecule has 0 saturated heterocycles. The zero-order valence-corrected chi connectivity index (χ0v) is 28.3. The van der Waals surface area contributed by atoms with Gasteiger partial charge in [0.1, 0.15) is 12.6 Å². The van der Waals surface area contributed by atoms with E-state index in [1.807, 2.05) is 37.3 Å². The van der Waals surface area contributed by atoms with E-state index in [0.29, 0.717) is 22.9 Å². The lowest BCUT2D eigenvalue weighted by Gasteiger charge is -2.34. The third-order valence-corrected chi connectivity index (χ3v) is 9.82. The largest absolute Gasteiger partial charge is 0.493 e. The highest BCUT2D eigenvalue weighted by molar-refractivity contribution is 7.92. The Hall–Kier alpha value is -4.54. The topological polar surface area (TPSA) is 105 Å². The summed E-state index contributed by atoms with van der Waals surface area (Å²) in [6.07, 6.45) is 1.85. The van der Waals surface area contributed by atoms with Gasteiger partial charge in [-0.3, -0.25) is 13.9 Å². The number of ether oxygens (including phenoxy) is 2. The van der Waals surface area contributed by atoms with E-state index < -0.39 is 28.5 Å². The average molecular weight is 678 g/mol. The van der Waals surface area contributed by atoms with E-state index >= 15 is 0 Å². The predicted octanol–water partition coefficient (Wildman–Crippen LogP) is 6.11.